The number of nitrogens with zero attached hydrogens (tertiary/aromatic N) is 1. The van der Waals surface area contributed by atoms with E-state index in [4.69, 9.17) is 9.26 Å². The molecule has 5 nitrogen and oxygen atoms in total. The molecule has 0 bridgehead atoms. The maximum absolute atomic E-state index is 13.0. The SMILES string of the molecule is COc1cccc(CCNC(=O)c2cnoc2-c2ccc(F)cc2)c1. The van der Waals surface area contributed by atoms with Crippen LogP contribution in [0.5, 0.6) is 5.75 Å². The molecule has 1 N–H and O–H groups in total. The first kappa shape index (κ1) is 16.7. The summed E-state index contributed by atoms with van der Waals surface area (Å²) in [4.78, 5) is 12.4. The van der Waals surface area contributed by atoms with Crippen LogP contribution in [0.25, 0.3) is 11.3 Å². The Morgan fingerprint density at radius 2 is 2.04 bits per heavy atom. The number of nitrogens with one attached hydrogen (secondary N) is 1. The number of halogens is 1. The number of hydrogen-bond acceptors (Lipinski definition) is 4. The van der Waals surface area contributed by atoms with Gasteiger partial charge in [0.1, 0.15) is 17.1 Å². The Hall–Kier alpha value is -3.15. The monoisotopic (exact) mass is 340 g/mol. The summed E-state index contributed by atoms with van der Waals surface area (Å²) in [5.41, 5.74) is 1.97. The number of carbonyl (C=O) groups is 1. The Kier molecular flexibility index (Phi) is 5.09. The molecule has 1 aromatic heterocycles. The van der Waals surface area contributed by atoms with Gasteiger partial charge in [0.25, 0.3) is 5.91 Å². The molecule has 0 aliphatic rings. The zero-order valence-corrected chi connectivity index (χ0v) is 13.7. The van der Waals surface area contributed by atoms with E-state index >= 15 is 0 Å². The number of rotatable bonds is 6. The number of methoxy groups -OCH3 is 1. The number of aromatic nitrogens is 1. The third-order valence-corrected chi connectivity index (χ3v) is 3.75. The summed E-state index contributed by atoms with van der Waals surface area (Å²) in [5.74, 6) is 0.455. The number of amides is 1. The third kappa shape index (κ3) is 4.03. The van der Waals surface area contributed by atoms with E-state index < -0.39 is 0 Å². The second-order valence-electron chi connectivity index (χ2n) is 5.43. The van der Waals surface area contributed by atoms with Crippen LogP contribution in [-0.2, 0) is 6.42 Å². The van der Waals surface area contributed by atoms with Crippen LogP contribution in [0.2, 0.25) is 0 Å². The van der Waals surface area contributed by atoms with E-state index in [0.29, 0.717) is 29.9 Å². The first-order valence-electron chi connectivity index (χ1n) is 7.79. The van der Waals surface area contributed by atoms with Gasteiger partial charge in [0.05, 0.1) is 13.3 Å². The Bertz CT molecular complexity index is 859. The molecule has 3 rings (SSSR count). The average molecular weight is 340 g/mol. The molecule has 0 spiro atoms. The molecule has 0 atom stereocenters. The van der Waals surface area contributed by atoms with E-state index in [9.17, 15) is 9.18 Å². The molecule has 0 fully saturated rings. The van der Waals surface area contributed by atoms with Crippen molar-refractivity contribution in [3.63, 3.8) is 0 Å². The number of benzene rings is 2. The lowest BCUT2D eigenvalue weighted by atomic mass is 10.1. The Balaban J connectivity index is 1.64. The molecule has 1 amide bonds. The molecule has 25 heavy (non-hydrogen) atoms. The van der Waals surface area contributed by atoms with Crippen molar-refractivity contribution in [3.8, 4) is 17.1 Å². The molecule has 3 aromatic rings. The molecule has 2 aromatic carbocycles. The molecule has 0 unspecified atom stereocenters. The zero-order valence-electron chi connectivity index (χ0n) is 13.7. The molecule has 128 valence electrons. The zero-order chi connectivity index (χ0) is 17.6. The lowest BCUT2D eigenvalue weighted by molar-refractivity contribution is 0.0954. The fourth-order valence-corrected chi connectivity index (χ4v) is 2.45. The minimum Gasteiger partial charge on any atom is -0.497 e. The third-order valence-electron chi connectivity index (χ3n) is 3.75. The van der Waals surface area contributed by atoms with E-state index in [2.05, 4.69) is 10.5 Å². The van der Waals surface area contributed by atoms with Gasteiger partial charge in [-0.3, -0.25) is 4.79 Å². The van der Waals surface area contributed by atoms with E-state index in [1.165, 1.54) is 18.3 Å². The van der Waals surface area contributed by atoms with Gasteiger partial charge in [-0.05, 0) is 48.4 Å². The highest BCUT2D eigenvalue weighted by atomic mass is 19.1. The Labute approximate surface area is 144 Å². The van der Waals surface area contributed by atoms with Crippen molar-refractivity contribution in [3.05, 3.63) is 71.7 Å². The fraction of sp³-hybridized carbons (Fsp3) is 0.158. The van der Waals surface area contributed by atoms with Crippen molar-refractivity contribution < 1.29 is 18.4 Å². The summed E-state index contributed by atoms with van der Waals surface area (Å²) in [6, 6.07) is 13.4. The second kappa shape index (κ2) is 7.61. The van der Waals surface area contributed by atoms with Gasteiger partial charge >= 0.3 is 0 Å². The minimum atomic E-state index is -0.354. The summed E-state index contributed by atoms with van der Waals surface area (Å²) in [6.07, 6.45) is 2.03. The van der Waals surface area contributed by atoms with Gasteiger partial charge in [-0.2, -0.15) is 0 Å². The molecular weight excluding hydrogens is 323 g/mol. The highest BCUT2D eigenvalue weighted by molar-refractivity contribution is 5.99. The van der Waals surface area contributed by atoms with Gasteiger partial charge < -0.3 is 14.6 Å². The van der Waals surface area contributed by atoms with Gasteiger partial charge in [0.15, 0.2) is 5.76 Å². The van der Waals surface area contributed by atoms with Gasteiger partial charge in [0.2, 0.25) is 0 Å². The van der Waals surface area contributed by atoms with E-state index in [-0.39, 0.29) is 11.7 Å². The highest BCUT2D eigenvalue weighted by Crippen LogP contribution is 2.23. The van der Waals surface area contributed by atoms with Crippen LogP contribution in [0.15, 0.2) is 59.3 Å². The average Bonchev–Trinajstić information content (AvgIpc) is 3.12. The van der Waals surface area contributed by atoms with Crippen LogP contribution in [0, 0.1) is 5.82 Å². The van der Waals surface area contributed by atoms with Crippen molar-refractivity contribution in [2.24, 2.45) is 0 Å². The van der Waals surface area contributed by atoms with Crippen LogP contribution in [-0.4, -0.2) is 24.7 Å². The van der Waals surface area contributed by atoms with Gasteiger partial charge in [-0.25, -0.2) is 4.39 Å². The van der Waals surface area contributed by atoms with E-state index in [1.54, 1.807) is 19.2 Å². The Morgan fingerprint density at radius 3 is 2.80 bits per heavy atom. The number of ether oxygens (including phenoxy) is 1. The Morgan fingerprint density at radius 1 is 1.24 bits per heavy atom. The van der Waals surface area contributed by atoms with Crippen LogP contribution in [0.4, 0.5) is 4.39 Å². The van der Waals surface area contributed by atoms with Crippen LogP contribution < -0.4 is 10.1 Å². The molecule has 0 saturated carbocycles. The van der Waals surface area contributed by atoms with Crippen LogP contribution in [0.3, 0.4) is 0 Å². The molecular formula is C19H17FN2O3. The summed E-state index contributed by atoms with van der Waals surface area (Å²) in [5, 5.41) is 6.52. The standard InChI is InChI=1S/C19H17FN2O3/c1-24-16-4-2-3-13(11-16)9-10-21-19(23)17-12-22-25-18(17)14-5-7-15(20)8-6-14/h2-8,11-12H,9-10H2,1H3,(H,21,23). The summed E-state index contributed by atoms with van der Waals surface area (Å²) in [6.45, 7) is 0.458. The predicted octanol–water partition coefficient (Wildman–Crippen LogP) is 3.46. The minimum absolute atomic E-state index is 0.288. The quantitative estimate of drug-likeness (QED) is 0.746. The van der Waals surface area contributed by atoms with Crippen molar-refractivity contribution in [1.82, 2.24) is 10.5 Å². The summed E-state index contributed by atoms with van der Waals surface area (Å²) in [7, 11) is 1.61. The predicted molar refractivity (Wildman–Crippen MR) is 90.9 cm³/mol. The van der Waals surface area contributed by atoms with Gasteiger partial charge in [-0.15, -0.1) is 0 Å². The largest absolute Gasteiger partial charge is 0.497 e. The van der Waals surface area contributed by atoms with Gasteiger partial charge in [-0.1, -0.05) is 17.3 Å². The molecule has 0 saturated heterocycles. The molecule has 0 radical (unpaired) electrons. The molecule has 6 heteroatoms. The molecule has 0 aliphatic heterocycles. The summed E-state index contributed by atoms with van der Waals surface area (Å²) >= 11 is 0. The normalized spacial score (nSPS) is 10.5. The number of carbonyl (C=O) groups excluding carboxylic acids is 1. The first-order chi connectivity index (χ1) is 12.2. The first-order valence-corrected chi connectivity index (χ1v) is 7.79. The van der Waals surface area contributed by atoms with Crippen LogP contribution >= 0.6 is 0 Å². The van der Waals surface area contributed by atoms with Crippen molar-refractivity contribution >= 4 is 5.91 Å². The fourth-order valence-electron chi connectivity index (χ4n) is 2.45. The van der Waals surface area contributed by atoms with Crippen molar-refractivity contribution in [2.75, 3.05) is 13.7 Å². The van der Waals surface area contributed by atoms with Gasteiger partial charge in [0, 0.05) is 12.1 Å². The maximum atomic E-state index is 13.0. The highest BCUT2D eigenvalue weighted by Gasteiger charge is 2.17. The van der Waals surface area contributed by atoms with Crippen molar-refractivity contribution in [2.45, 2.75) is 6.42 Å². The van der Waals surface area contributed by atoms with Crippen molar-refractivity contribution in [1.29, 1.82) is 0 Å². The summed E-state index contributed by atoms with van der Waals surface area (Å²) < 4.78 is 23.4. The lowest BCUT2D eigenvalue weighted by Gasteiger charge is -2.06. The molecule has 1 heterocycles. The lowest BCUT2D eigenvalue weighted by Crippen LogP contribution is -2.25. The van der Waals surface area contributed by atoms with E-state index in [0.717, 1.165) is 11.3 Å². The molecule has 0 aliphatic carbocycles. The van der Waals surface area contributed by atoms with Crippen LogP contribution in [0.1, 0.15) is 15.9 Å². The second-order valence-corrected chi connectivity index (χ2v) is 5.43. The number of hydrogen-bond donors (Lipinski definition) is 1. The van der Waals surface area contributed by atoms with E-state index in [1.807, 2.05) is 24.3 Å². The maximum Gasteiger partial charge on any atom is 0.256 e. The topological polar surface area (TPSA) is 64.4 Å². The smallest absolute Gasteiger partial charge is 0.256 e.